The highest BCUT2D eigenvalue weighted by molar-refractivity contribution is 6.31. The second-order valence-electron chi connectivity index (χ2n) is 4.10. The van der Waals surface area contributed by atoms with E-state index in [4.69, 9.17) is 11.6 Å². The summed E-state index contributed by atoms with van der Waals surface area (Å²) in [5, 5.41) is 14.6. The first-order valence-corrected chi connectivity index (χ1v) is 5.24. The van der Waals surface area contributed by atoms with Crippen molar-refractivity contribution in [3.63, 3.8) is 0 Å². The SMILES string of the molecule is CC(C)C(O)c1c(Cl)cnn1C(C)C. The van der Waals surface area contributed by atoms with E-state index in [-0.39, 0.29) is 12.0 Å². The van der Waals surface area contributed by atoms with Gasteiger partial charge < -0.3 is 5.11 Å². The lowest BCUT2D eigenvalue weighted by molar-refractivity contribution is 0.115. The molecule has 0 radical (unpaired) electrons. The van der Waals surface area contributed by atoms with E-state index in [0.717, 1.165) is 5.69 Å². The van der Waals surface area contributed by atoms with Gasteiger partial charge in [0.2, 0.25) is 0 Å². The minimum atomic E-state index is -0.549. The maximum atomic E-state index is 9.95. The summed E-state index contributed by atoms with van der Waals surface area (Å²) >= 11 is 5.98. The third kappa shape index (κ3) is 2.10. The fourth-order valence-electron chi connectivity index (χ4n) is 1.35. The van der Waals surface area contributed by atoms with Crippen LogP contribution in [0.2, 0.25) is 5.02 Å². The molecule has 1 aromatic rings. The maximum absolute atomic E-state index is 9.95. The largest absolute Gasteiger partial charge is 0.386 e. The van der Waals surface area contributed by atoms with E-state index >= 15 is 0 Å². The van der Waals surface area contributed by atoms with Crippen molar-refractivity contribution >= 4 is 11.6 Å². The molecule has 0 aliphatic carbocycles. The summed E-state index contributed by atoms with van der Waals surface area (Å²) in [4.78, 5) is 0. The lowest BCUT2D eigenvalue weighted by atomic mass is 10.0. The fraction of sp³-hybridized carbons (Fsp3) is 0.700. The highest BCUT2D eigenvalue weighted by Crippen LogP contribution is 2.29. The number of hydrogen-bond acceptors (Lipinski definition) is 2. The molecule has 0 aromatic carbocycles. The Morgan fingerprint density at radius 3 is 2.36 bits per heavy atom. The Labute approximate surface area is 89.7 Å². The van der Waals surface area contributed by atoms with Crippen LogP contribution in [0.15, 0.2) is 6.20 Å². The predicted molar refractivity (Wildman–Crippen MR) is 57.4 cm³/mol. The van der Waals surface area contributed by atoms with E-state index in [2.05, 4.69) is 5.10 Å². The standard InChI is InChI=1S/C10H17ClN2O/c1-6(2)10(14)9-8(11)5-12-13(9)7(3)4/h5-7,10,14H,1-4H3. The summed E-state index contributed by atoms with van der Waals surface area (Å²) in [7, 11) is 0. The zero-order chi connectivity index (χ0) is 10.9. The van der Waals surface area contributed by atoms with Gasteiger partial charge in [-0.1, -0.05) is 25.4 Å². The Balaban J connectivity index is 3.10. The molecule has 3 nitrogen and oxygen atoms in total. The summed E-state index contributed by atoms with van der Waals surface area (Å²) in [6.45, 7) is 7.94. The van der Waals surface area contributed by atoms with Gasteiger partial charge in [-0.2, -0.15) is 5.10 Å². The van der Waals surface area contributed by atoms with Crippen LogP contribution in [-0.2, 0) is 0 Å². The second-order valence-corrected chi connectivity index (χ2v) is 4.51. The zero-order valence-corrected chi connectivity index (χ0v) is 9.78. The first-order chi connectivity index (χ1) is 6.45. The Morgan fingerprint density at radius 1 is 1.36 bits per heavy atom. The number of halogens is 1. The topological polar surface area (TPSA) is 38.1 Å². The van der Waals surface area contributed by atoms with Crippen LogP contribution in [0.1, 0.15) is 45.5 Å². The molecule has 1 unspecified atom stereocenters. The third-order valence-corrected chi connectivity index (χ3v) is 2.48. The van der Waals surface area contributed by atoms with Gasteiger partial charge in [-0.3, -0.25) is 4.68 Å². The molecule has 0 saturated heterocycles. The summed E-state index contributed by atoms with van der Waals surface area (Å²) < 4.78 is 1.77. The number of aliphatic hydroxyl groups is 1. The van der Waals surface area contributed by atoms with E-state index in [1.165, 1.54) is 0 Å². The summed E-state index contributed by atoms with van der Waals surface area (Å²) in [5.41, 5.74) is 0.719. The monoisotopic (exact) mass is 216 g/mol. The van der Waals surface area contributed by atoms with Crippen LogP contribution in [0.3, 0.4) is 0 Å². The van der Waals surface area contributed by atoms with Gasteiger partial charge in [0, 0.05) is 6.04 Å². The Hall–Kier alpha value is -0.540. The summed E-state index contributed by atoms with van der Waals surface area (Å²) in [5.74, 6) is 0.140. The first kappa shape index (κ1) is 11.5. The number of hydrogen-bond donors (Lipinski definition) is 1. The van der Waals surface area contributed by atoms with Crippen molar-refractivity contribution < 1.29 is 5.11 Å². The molecular formula is C10H17ClN2O. The van der Waals surface area contributed by atoms with Gasteiger partial charge in [-0.25, -0.2) is 0 Å². The number of nitrogens with zero attached hydrogens (tertiary/aromatic N) is 2. The quantitative estimate of drug-likeness (QED) is 0.844. The third-order valence-electron chi connectivity index (χ3n) is 2.19. The van der Waals surface area contributed by atoms with Gasteiger partial charge in [0.15, 0.2) is 0 Å². The van der Waals surface area contributed by atoms with Gasteiger partial charge >= 0.3 is 0 Å². The Bertz CT molecular complexity index is 307. The summed E-state index contributed by atoms with van der Waals surface area (Å²) in [6.07, 6.45) is 1.04. The number of rotatable bonds is 3. The van der Waals surface area contributed by atoms with E-state index in [1.54, 1.807) is 10.9 Å². The van der Waals surface area contributed by atoms with Crippen LogP contribution in [0.25, 0.3) is 0 Å². The van der Waals surface area contributed by atoms with Crippen molar-refractivity contribution in [2.75, 3.05) is 0 Å². The van der Waals surface area contributed by atoms with Crippen molar-refractivity contribution in [1.29, 1.82) is 0 Å². The molecule has 1 aromatic heterocycles. The Morgan fingerprint density at radius 2 is 1.93 bits per heavy atom. The van der Waals surface area contributed by atoms with Crippen LogP contribution < -0.4 is 0 Å². The lowest BCUT2D eigenvalue weighted by Crippen LogP contribution is -2.15. The predicted octanol–water partition coefficient (Wildman–Crippen LogP) is 2.81. The van der Waals surface area contributed by atoms with Crippen molar-refractivity contribution in [2.45, 2.75) is 39.8 Å². The molecule has 1 rings (SSSR count). The molecule has 1 N–H and O–H groups in total. The van der Waals surface area contributed by atoms with Crippen molar-refractivity contribution in [1.82, 2.24) is 9.78 Å². The van der Waals surface area contributed by atoms with Crippen molar-refractivity contribution in [3.8, 4) is 0 Å². The zero-order valence-electron chi connectivity index (χ0n) is 9.03. The molecule has 0 amide bonds. The van der Waals surface area contributed by atoms with Gasteiger partial charge in [0.25, 0.3) is 0 Å². The smallest absolute Gasteiger partial charge is 0.0994 e. The number of aliphatic hydroxyl groups excluding tert-OH is 1. The molecular weight excluding hydrogens is 200 g/mol. The summed E-state index contributed by atoms with van der Waals surface area (Å²) in [6, 6.07) is 0.214. The molecule has 0 fully saturated rings. The fourth-order valence-corrected chi connectivity index (χ4v) is 1.60. The van der Waals surface area contributed by atoms with Gasteiger partial charge in [-0.05, 0) is 19.8 Å². The average Bonchev–Trinajstić information content (AvgIpc) is 2.45. The minimum absolute atomic E-state index is 0.140. The van der Waals surface area contributed by atoms with Gasteiger partial charge in [0.1, 0.15) is 0 Å². The second kappa shape index (κ2) is 4.32. The van der Waals surface area contributed by atoms with Crippen LogP contribution in [0.4, 0.5) is 0 Å². The minimum Gasteiger partial charge on any atom is -0.386 e. The lowest BCUT2D eigenvalue weighted by Gasteiger charge is -2.19. The molecule has 0 saturated carbocycles. The van der Waals surface area contributed by atoms with Gasteiger partial charge in [-0.15, -0.1) is 0 Å². The maximum Gasteiger partial charge on any atom is 0.0994 e. The molecule has 80 valence electrons. The van der Waals surface area contributed by atoms with Crippen LogP contribution in [0.5, 0.6) is 0 Å². The Kier molecular flexibility index (Phi) is 3.56. The van der Waals surface area contributed by atoms with E-state index in [1.807, 2.05) is 27.7 Å². The molecule has 14 heavy (non-hydrogen) atoms. The molecule has 0 bridgehead atoms. The first-order valence-electron chi connectivity index (χ1n) is 4.86. The van der Waals surface area contributed by atoms with Crippen LogP contribution in [-0.4, -0.2) is 14.9 Å². The molecule has 0 aliphatic rings. The van der Waals surface area contributed by atoms with Crippen LogP contribution >= 0.6 is 11.6 Å². The van der Waals surface area contributed by atoms with Crippen LogP contribution in [0, 0.1) is 5.92 Å². The highest BCUT2D eigenvalue weighted by Gasteiger charge is 2.21. The molecule has 0 aliphatic heterocycles. The average molecular weight is 217 g/mol. The van der Waals surface area contributed by atoms with E-state index in [0.29, 0.717) is 5.02 Å². The van der Waals surface area contributed by atoms with Gasteiger partial charge in [0.05, 0.1) is 23.0 Å². The normalized spacial score (nSPS) is 14.0. The molecule has 0 spiro atoms. The molecule has 1 atom stereocenters. The van der Waals surface area contributed by atoms with E-state index in [9.17, 15) is 5.11 Å². The van der Waals surface area contributed by atoms with Crippen molar-refractivity contribution in [2.24, 2.45) is 5.92 Å². The number of aromatic nitrogens is 2. The van der Waals surface area contributed by atoms with E-state index < -0.39 is 6.10 Å². The van der Waals surface area contributed by atoms with Crippen molar-refractivity contribution in [3.05, 3.63) is 16.9 Å². The highest BCUT2D eigenvalue weighted by atomic mass is 35.5. The molecule has 1 heterocycles. The molecule has 4 heteroatoms.